The summed E-state index contributed by atoms with van der Waals surface area (Å²) < 4.78 is 0. The van der Waals surface area contributed by atoms with Crippen LogP contribution in [0.4, 0.5) is 0 Å². The summed E-state index contributed by atoms with van der Waals surface area (Å²) in [6.45, 7) is 8.94. The van der Waals surface area contributed by atoms with Gasteiger partial charge >= 0.3 is 0 Å². The summed E-state index contributed by atoms with van der Waals surface area (Å²) in [5.74, 6) is 2.86. The fraction of sp³-hybridized carbons (Fsp3) is 1.00. The lowest BCUT2D eigenvalue weighted by molar-refractivity contribution is 0.0704. The van der Waals surface area contributed by atoms with Crippen molar-refractivity contribution in [3.05, 3.63) is 0 Å². The van der Waals surface area contributed by atoms with Crippen molar-refractivity contribution in [1.29, 1.82) is 0 Å². The molecule has 0 spiro atoms. The third-order valence-corrected chi connectivity index (χ3v) is 5.94. The van der Waals surface area contributed by atoms with Crippen LogP contribution >= 0.6 is 0 Å². The van der Waals surface area contributed by atoms with Crippen LogP contribution in [0.3, 0.4) is 0 Å². The predicted molar refractivity (Wildman–Crippen MR) is 81.3 cm³/mol. The molecule has 1 aliphatic heterocycles. The molecule has 0 bridgehead atoms. The molecule has 1 heterocycles. The van der Waals surface area contributed by atoms with Crippen molar-refractivity contribution in [3.63, 3.8) is 0 Å². The Labute approximate surface area is 119 Å². The monoisotopic (exact) mass is 264 g/mol. The zero-order valence-corrected chi connectivity index (χ0v) is 12.9. The minimum atomic E-state index is 0.781. The van der Waals surface area contributed by atoms with Gasteiger partial charge in [0.15, 0.2) is 0 Å². The third-order valence-electron chi connectivity index (χ3n) is 5.94. The fourth-order valence-corrected chi connectivity index (χ4v) is 4.24. The molecule has 0 radical (unpaired) electrons. The lowest BCUT2D eigenvalue weighted by atomic mass is 9.77. The smallest absolute Gasteiger partial charge is 0.0195 e. The molecule has 3 fully saturated rings. The van der Waals surface area contributed by atoms with Gasteiger partial charge in [-0.25, -0.2) is 0 Å². The van der Waals surface area contributed by atoms with Crippen molar-refractivity contribution in [2.75, 3.05) is 19.6 Å². The van der Waals surface area contributed by atoms with Crippen molar-refractivity contribution >= 4 is 0 Å². The third kappa shape index (κ3) is 3.52. The molecule has 110 valence electrons. The molecule has 3 aliphatic rings. The van der Waals surface area contributed by atoms with Gasteiger partial charge in [-0.15, -0.1) is 0 Å². The van der Waals surface area contributed by atoms with E-state index in [9.17, 15) is 0 Å². The molecular weight excluding hydrogens is 232 g/mol. The first-order chi connectivity index (χ1) is 9.24. The minimum Gasteiger partial charge on any atom is -0.313 e. The van der Waals surface area contributed by atoms with E-state index in [-0.39, 0.29) is 0 Å². The van der Waals surface area contributed by atoms with Crippen LogP contribution in [0.5, 0.6) is 0 Å². The van der Waals surface area contributed by atoms with E-state index in [0.29, 0.717) is 0 Å². The van der Waals surface area contributed by atoms with E-state index in [0.717, 1.165) is 29.8 Å². The van der Waals surface area contributed by atoms with Crippen LogP contribution in [0.25, 0.3) is 0 Å². The minimum absolute atomic E-state index is 0.781. The molecule has 0 aromatic rings. The van der Waals surface area contributed by atoms with Gasteiger partial charge in [0.1, 0.15) is 0 Å². The van der Waals surface area contributed by atoms with Crippen LogP contribution in [0, 0.1) is 17.8 Å². The van der Waals surface area contributed by atoms with Gasteiger partial charge < -0.3 is 5.32 Å². The summed E-state index contributed by atoms with van der Waals surface area (Å²) >= 11 is 0. The van der Waals surface area contributed by atoms with Crippen molar-refractivity contribution in [3.8, 4) is 0 Å². The van der Waals surface area contributed by atoms with Crippen LogP contribution in [0.2, 0.25) is 0 Å². The van der Waals surface area contributed by atoms with E-state index in [4.69, 9.17) is 0 Å². The molecule has 2 heteroatoms. The second-order valence-electron chi connectivity index (χ2n) is 7.53. The lowest BCUT2D eigenvalue weighted by Crippen LogP contribution is -2.49. The standard InChI is InChI=1S/C17H32N2/c1-13-5-3-7-17(14(13)2)19(11-15-8-9-15)12-16-6-4-10-18-16/h13-18H,3-12H2,1-2H3. The summed E-state index contributed by atoms with van der Waals surface area (Å²) in [5, 5.41) is 3.70. The molecular formula is C17H32N2. The number of rotatable bonds is 5. The van der Waals surface area contributed by atoms with Crippen LogP contribution in [-0.4, -0.2) is 36.6 Å². The Kier molecular flexibility index (Phi) is 4.48. The van der Waals surface area contributed by atoms with Crippen molar-refractivity contribution in [2.24, 2.45) is 17.8 Å². The highest BCUT2D eigenvalue weighted by Crippen LogP contribution is 2.36. The molecule has 1 N–H and O–H groups in total. The second kappa shape index (κ2) is 6.13. The maximum Gasteiger partial charge on any atom is 0.0195 e. The van der Waals surface area contributed by atoms with E-state index in [1.54, 1.807) is 0 Å². The Hall–Kier alpha value is -0.0800. The molecule has 2 aliphatic carbocycles. The summed E-state index contributed by atoms with van der Waals surface area (Å²) in [6, 6.07) is 1.65. The Morgan fingerprint density at radius 3 is 2.47 bits per heavy atom. The number of nitrogens with zero attached hydrogens (tertiary/aromatic N) is 1. The topological polar surface area (TPSA) is 15.3 Å². The van der Waals surface area contributed by atoms with E-state index in [1.165, 1.54) is 64.6 Å². The lowest BCUT2D eigenvalue weighted by Gasteiger charge is -2.42. The van der Waals surface area contributed by atoms with Gasteiger partial charge in [-0.2, -0.15) is 0 Å². The van der Waals surface area contributed by atoms with Crippen molar-refractivity contribution in [2.45, 2.75) is 70.9 Å². The first kappa shape index (κ1) is 13.9. The molecule has 4 unspecified atom stereocenters. The average Bonchev–Trinajstić information content (AvgIpc) is 3.06. The quantitative estimate of drug-likeness (QED) is 0.820. The molecule has 0 amide bonds. The first-order valence-corrected chi connectivity index (χ1v) is 8.71. The highest BCUT2D eigenvalue weighted by molar-refractivity contribution is 4.90. The Morgan fingerprint density at radius 2 is 1.79 bits per heavy atom. The molecule has 19 heavy (non-hydrogen) atoms. The average molecular weight is 264 g/mol. The van der Waals surface area contributed by atoms with Crippen LogP contribution < -0.4 is 5.32 Å². The first-order valence-electron chi connectivity index (χ1n) is 8.71. The molecule has 1 saturated heterocycles. The molecule has 0 aromatic heterocycles. The maximum atomic E-state index is 3.70. The SMILES string of the molecule is CC1CCCC(N(CC2CC2)CC2CCCN2)C1C. The van der Waals surface area contributed by atoms with Gasteiger partial charge in [-0.1, -0.05) is 26.7 Å². The normalized spacial score (nSPS) is 39.9. The summed E-state index contributed by atoms with van der Waals surface area (Å²) in [5.41, 5.74) is 0. The second-order valence-corrected chi connectivity index (χ2v) is 7.53. The zero-order chi connectivity index (χ0) is 13.2. The summed E-state index contributed by atoms with van der Waals surface area (Å²) in [6.07, 6.45) is 10.1. The van der Waals surface area contributed by atoms with Gasteiger partial charge in [0, 0.05) is 25.2 Å². The molecule has 4 atom stereocenters. The van der Waals surface area contributed by atoms with Crippen LogP contribution in [0.1, 0.15) is 58.8 Å². The van der Waals surface area contributed by atoms with E-state index >= 15 is 0 Å². The number of nitrogens with one attached hydrogen (secondary N) is 1. The van der Waals surface area contributed by atoms with Crippen molar-refractivity contribution < 1.29 is 0 Å². The predicted octanol–water partition coefficient (Wildman–Crippen LogP) is 3.28. The Bertz CT molecular complexity index is 281. The van der Waals surface area contributed by atoms with Crippen LogP contribution in [-0.2, 0) is 0 Å². The highest BCUT2D eigenvalue weighted by Gasteiger charge is 2.35. The van der Waals surface area contributed by atoms with Gasteiger partial charge in [-0.05, 0) is 56.4 Å². The van der Waals surface area contributed by atoms with Crippen LogP contribution in [0.15, 0.2) is 0 Å². The Balaban J connectivity index is 1.62. The molecule has 2 saturated carbocycles. The fourth-order valence-electron chi connectivity index (χ4n) is 4.24. The van der Waals surface area contributed by atoms with Crippen molar-refractivity contribution in [1.82, 2.24) is 10.2 Å². The number of hydrogen-bond donors (Lipinski definition) is 1. The summed E-state index contributed by atoms with van der Waals surface area (Å²) in [7, 11) is 0. The molecule has 0 aromatic carbocycles. The largest absolute Gasteiger partial charge is 0.313 e. The van der Waals surface area contributed by atoms with Gasteiger partial charge in [0.2, 0.25) is 0 Å². The maximum absolute atomic E-state index is 3.70. The van der Waals surface area contributed by atoms with Gasteiger partial charge in [-0.3, -0.25) is 4.90 Å². The van der Waals surface area contributed by atoms with E-state index in [2.05, 4.69) is 24.1 Å². The number of hydrogen-bond acceptors (Lipinski definition) is 2. The van der Waals surface area contributed by atoms with Gasteiger partial charge in [0.25, 0.3) is 0 Å². The van der Waals surface area contributed by atoms with E-state index < -0.39 is 0 Å². The summed E-state index contributed by atoms with van der Waals surface area (Å²) in [4.78, 5) is 2.89. The van der Waals surface area contributed by atoms with Gasteiger partial charge in [0.05, 0.1) is 0 Å². The zero-order valence-electron chi connectivity index (χ0n) is 12.9. The molecule has 3 rings (SSSR count). The van der Waals surface area contributed by atoms with E-state index in [1.807, 2.05) is 0 Å². The highest BCUT2D eigenvalue weighted by atomic mass is 15.2. The Morgan fingerprint density at radius 1 is 0.947 bits per heavy atom. The molecule has 2 nitrogen and oxygen atoms in total.